The first kappa shape index (κ1) is 61.5. The van der Waals surface area contributed by atoms with Crippen LogP contribution >= 0.6 is 23.2 Å². The molecule has 14 nitrogen and oxygen atoms in total. The van der Waals surface area contributed by atoms with E-state index < -0.39 is 56.8 Å². The summed E-state index contributed by atoms with van der Waals surface area (Å²) in [6, 6.07) is 10.2. The lowest BCUT2D eigenvalue weighted by Gasteiger charge is -2.29. The molecule has 1 aliphatic heterocycles. The normalized spacial score (nSPS) is 14.9. The van der Waals surface area contributed by atoms with E-state index in [1.165, 1.54) is 75.8 Å². The van der Waals surface area contributed by atoms with Crippen LogP contribution < -0.4 is 23.8 Å². The number of amides is 2. The number of hydrogen-bond acceptors (Lipinski definition) is 12. The van der Waals surface area contributed by atoms with E-state index in [0.717, 1.165) is 68.1 Å². The molecule has 23 heteroatoms. The Morgan fingerprint density at radius 3 is 1.49 bits per heavy atom. The molecule has 2 amide bonds. The second kappa shape index (κ2) is 28.6. The van der Waals surface area contributed by atoms with Crippen LogP contribution in [0.15, 0.2) is 60.9 Å². The van der Waals surface area contributed by atoms with E-state index in [2.05, 4.69) is 77.7 Å². The van der Waals surface area contributed by atoms with Crippen molar-refractivity contribution in [1.82, 2.24) is 24.3 Å². The highest BCUT2D eigenvalue weighted by Crippen LogP contribution is 2.39. The second-order valence-electron chi connectivity index (χ2n) is 17.7. The standard InChI is InChI=1S/C21H24ClF2N3O4S.C14H10ClF3N2O4S.C8H16.C6H15N/c1-12(2)17-5-4-8-27(17)19-16(22)9-14(11-25-19)15-7-6-13(10-18(15)31-21(23)24)20(28)26-32(3,29)30;1-25(22,23)20-13(21)7-2-3-9(11(5-7)24-14(17)18)8-4-10(15)12(16)19-6-8;1-7(2)8-5-3-4-6-8;1-4-7(5-2)6-3/h6-7,9-12,17,21H,4-5,8H2,1-3H3,(H,26,28);2-6,14H,1H3,(H,20,21);7-8H,3-6H2,1-2H3;4-6H2,1-3H3. The van der Waals surface area contributed by atoms with E-state index in [1.807, 2.05) is 0 Å². The number of sulfonamides is 2. The Morgan fingerprint density at radius 2 is 1.14 bits per heavy atom. The molecule has 0 radical (unpaired) electrons. The van der Waals surface area contributed by atoms with Gasteiger partial charge >= 0.3 is 13.2 Å². The van der Waals surface area contributed by atoms with Crippen LogP contribution in [-0.2, 0) is 20.0 Å². The third kappa shape index (κ3) is 19.9. The summed E-state index contributed by atoms with van der Waals surface area (Å²) in [4.78, 5) is 36.3. The molecule has 2 aromatic heterocycles. The largest absolute Gasteiger partial charge is 0.434 e. The molecule has 2 aromatic carbocycles. The first-order valence-electron chi connectivity index (χ1n) is 23.4. The molecule has 1 unspecified atom stereocenters. The number of pyridine rings is 2. The fourth-order valence-corrected chi connectivity index (χ4v) is 9.40. The third-order valence-electron chi connectivity index (χ3n) is 11.7. The summed E-state index contributed by atoms with van der Waals surface area (Å²) >= 11 is 12.1. The van der Waals surface area contributed by atoms with Gasteiger partial charge in [-0.2, -0.15) is 22.0 Å². The van der Waals surface area contributed by atoms with Crippen molar-refractivity contribution in [1.29, 1.82) is 0 Å². The minimum Gasteiger partial charge on any atom is -0.434 e. The second-order valence-corrected chi connectivity index (χ2v) is 22.0. The molecule has 2 N–H and O–H groups in total. The van der Waals surface area contributed by atoms with Crippen LogP contribution in [0.1, 0.15) is 108 Å². The quantitative estimate of drug-likeness (QED) is 0.0803. The van der Waals surface area contributed by atoms with Crippen molar-refractivity contribution >= 4 is 60.9 Å². The van der Waals surface area contributed by atoms with Crippen LogP contribution in [0.3, 0.4) is 0 Å². The molecular formula is C49H65Cl2F5N6O8S2. The van der Waals surface area contributed by atoms with E-state index in [-0.39, 0.29) is 38.6 Å². The van der Waals surface area contributed by atoms with Gasteiger partial charge in [0.25, 0.3) is 11.8 Å². The van der Waals surface area contributed by atoms with Crippen LogP contribution in [0.25, 0.3) is 22.3 Å². The molecular weight excluding hydrogens is 1030 g/mol. The SMILES string of the molecule is CC(C)C1CCCC1.CC(C)C1CCCN1c1ncc(-c2ccc(C(=O)NS(C)(=O)=O)cc2OC(F)F)cc1Cl.CCN(CC)CC.CS(=O)(=O)NC(=O)c1ccc(-c2cnc(F)c(Cl)c2)c(OC(F)F)c1. The summed E-state index contributed by atoms with van der Waals surface area (Å²) in [6.45, 7) is 13.6. The van der Waals surface area contributed by atoms with Gasteiger partial charge in [0.05, 0.1) is 22.6 Å². The van der Waals surface area contributed by atoms with E-state index in [0.29, 0.717) is 28.4 Å². The molecule has 3 heterocycles. The summed E-state index contributed by atoms with van der Waals surface area (Å²) in [6.07, 6.45) is 12.2. The Bertz CT molecular complexity index is 2640. The Labute approximate surface area is 430 Å². The molecule has 2 fully saturated rings. The molecule has 4 aromatic rings. The summed E-state index contributed by atoms with van der Waals surface area (Å²) in [5.74, 6) is -0.590. The summed E-state index contributed by atoms with van der Waals surface area (Å²) < 4.78 is 122. The van der Waals surface area contributed by atoms with Crippen molar-refractivity contribution in [3.05, 3.63) is 88.0 Å². The highest BCUT2D eigenvalue weighted by molar-refractivity contribution is 7.89. The number of benzene rings is 2. The van der Waals surface area contributed by atoms with E-state index in [4.69, 9.17) is 23.2 Å². The van der Waals surface area contributed by atoms with Gasteiger partial charge in [-0.15, -0.1) is 0 Å². The minimum absolute atomic E-state index is 0.0607. The maximum absolute atomic E-state index is 13.1. The number of halogens is 7. The maximum Gasteiger partial charge on any atom is 0.387 e. The number of carbonyl (C=O) groups excluding carboxylic acids is 2. The molecule has 2 aliphatic rings. The number of aromatic nitrogens is 2. The van der Waals surface area contributed by atoms with Crippen molar-refractivity contribution in [2.75, 3.05) is 43.6 Å². The van der Waals surface area contributed by atoms with Gasteiger partial charge in [0.15, 0.2) is 0 Å². The van der Waals surface area contributed by atoms with Crippen molar-refractivity contribution in [2.24, 2.45) is 17.8 Å². The molecule has 72 heavy (non-hydrogen) atoms. The number of anilines is 1. The van der Waals surface area contributed by atoms with Gasteiger partial charge < -0.3 is 19.3 Å². The van der Waals surface area contributed by atoms with Gasteiger partial charge in [-0.3, -0.25) is 9.59 Å². The molecule has 1 aliphatic carbocycles. The molecule has 1 saturated carbocycles. The summed E-state index contributed by atoms with van der Waals surface area (Å²) in [5, 5.41) is 0.0383. The molecule has 0 bridgehead atoms. The molecule has 1 atom stereocenters. The van der Waals surface area contributed by atoms with Crippen LogP contribution in [0.5, 0.6) is 11.5 Å². The van der Waals surface area contributed by atoms with Gasteiger partial charge in [-0.05, 0) is 98.8 Å². The van der Waals surface area contributed by atoms with Crippen molar-refractivity contribution in [3.63, 3.8) is 0 Å². The topological polar surface area (TPSA) is 177 Å². The Hall–Kier alpha value is -4.83. The zero-order valence-corrected chi connectivity index (χ0v) is 45.0. The van der Waals surface area contributed by atoms with Crippen molar-refractivity contribution < 1.29 is 57.9 Å². The predicted octanol–water partition coefficient (Wildman–Crippen LogP) is 11.3. The van der Waals surface area contributed by atoms with Crippen LogP contribution in [-0.4, -0.2) is 101 Å². The van der Waals surface area contributed by atoms with Gasteiger partial charge in [-0.25, -0.2) is 36.2 Å². The number of alkyl halides is 4. The van der Waals surface area contributed by atoms with Crippen LogP contribution in [0.2, 0.25) is 10.0 Å². The molecule has 0 spiro atoms. The lowest BCUT2D eigenvalue weighted by atomic mass is 9.95. The van der Waals surface area contributed by atoms with E-state index in [1.54, 1.807) is 15.5 Å². The smallest absolute Gasteiger partial charge is 0.387 e. The lowest BCUT2D eigenvalue weighted by molar-refractivity contribution is -0.0501. The fraction of sp³-hybridized carbons (Fsp3) is 0.510. The predicted molar refractivity (Wildman–Crippen MR) is 273 cm³/mol. The average molecular weight is 1100 g/mol. The lowest BCUT2D eigenvalue weighted by Crippen LogP contribution is -2.34. The van der Waals surface area contributed by atoms with Gasteiger partial charge in [-0.1, -0.05) is 97.4 Å². The number of rotatable bonds is 16. The number of hydrogen-bond donors (Lipinski definition) is 2. The van der Waals surface area contributed by atoms with Gasteiger partial charge in [0, 0.05) is 58.4 Å². The third-order valence-corrected chi connectivity index (χ3v) is 13.4. The van der Waals surface area contributed by atoms with Crippen LogP contribution in [0.4, 0.5) is 27.8 Å². The van der Waals surface area contributed by atoms with Crippen molar-refractivity contribution in [3.8, 4) is 33.8 Å². The molecule has 1 saturated heterocycles. The van der Waals surface area contributed by atoms with E-state index in [9.17, 15) is 48.4 Å². The van der Waals surface area contributed by atoms with Crippen LogP contribution in [0, 0.1) is 23.7 Å². The first-order valence-corrected chi connectivity index (χ1v) is 27.9. The Kier molecular flexibility index (Phi) is 24.4. The van der Waals surface area contributed by atoms with Gasteiger partial charge in [0.1, 0.15) is 17.3 Å². The highest BCUT2D eigenvalue weighted by Gasteiger charge is 2.30. The highest BCUT2D eigenvalue weighted by atomic mass is 35.5. The number of carbonyl (C=O) groups is 2. The Balaban J connectivity index is 0.000000300. The number of ether oxygens (including phenoxy) is 2. The minimum atomic E-state index is -3.84. The Morgan fingerprint density at radius 1 is 0.694 bits per heavy atom. The molecule has 6 rings (SSSR count). The van der Waals surface area contributed by atoms with E-state index >= 15 is 0 Å². The number of nitrogens with zero attached hydrogens (tertiary/aromatic N) is 4. The monoisotopic (exact) mass is 1090 g/mol. The first-order chi connectivity index (χ1) is 33.7. The molecule has 400 valence electrons. The maximum atomic E-state index is 13.1. The van der Waals surface area contributed by atoms with Crippen molar-refractivity contribution in [2.45, 2.75) is 106 Å². The zero-order valence-electron chi connectivity index (χ0n) is 41.8. The fourth-order valence-electron chi connectivity index (χ4n) is 8.05. The number of nitrogens with one attached hydrogen (secondary N) is 2. The summed E-state index contributed by atoms with van der Waals surface area (Å²) in [5.41, 5.74) is 0.504. The zero-order chi connectivity index (χ0) is 54.1. The summed E-state index contributed by atoms with van der Waals surface area (Å²) in [7, 11) is -7.66. The van der Waals surface area contributed by atoms with Gasteiger partial charge in [0.2, 0.25) is 26.0 Å². The average Bonchev–Trinajstić information content (AvgIpc) is 4.02.